The van der Waals surface area contributed by atoms with Crippen LogP contribution in [-0.2, 0) is 0 Å². The van der Waals surface area contributed by atoms with Crippen LogP contribution in [0.4, 0.5) is 17.1 Å². The molecule has 0 saturated carbocycles. The van der Waals surface area contributed by atoms with Crippen molar-refractivity contribution in [3.63, 3.8) is 0 Å². The van der Waals surface area contributed by atoms with Crippen LogP contribution in [0.25, 0.3) is 67.2 Å². The minimum Gasteiger partial charge on any atom is -0.456 e. The maximum absolute atomic E-state index is 6.41. The van der Waals surface area contributed by atoms with Crippen molar-refractivity contribution in [2.24, 2.45) is 0 Å². The van der Waals surface area contributed by atoms with Gasteiger partial charge >= 0.3 is 0 Å². The first kappa shape index (κ1) is 29.3. The second-order valence-electron chi connectivity index (χ2n) is 12.1. The molecule has 0 N–H and O–H groups in total. The third-order valence-electron chi connectivity index (χ3n) is 8.92. The van der Waals surface area contributed by atoms with Gasteiger partial charge in [-0.25, -0.2) is 15.0 Å². The average molecular weight is 643 g/mol. The average Bonchev–Trinajstić information content (AvgIpc) is 3.58. The van der Waals surface area contributed by atoms with Crippen molar-refractivity contribution in [1.82, 2.24) is 15.0 Å². The molecule has 236 valence electrons. The zero-order chi connectivity index (χ0) is 33.3. The third-order valence-corrected chi connectivity index (χ3v) is 8.92. The Morgan fingerprint density at radius 3 is 1.44 bits per heavy atom. The zero-order valence-electron chi connectivity index (χ0n) is 27.0. The zero-order valence-corrected chi connectivity index (χ0v) is 27.0. The van der Waals surface area contributed by atoms with Crippen molar-refractivity contribution >= 4 is 39.0 Å². The summed E-state index contributed by atoms with van der Waals surface area (Å²) in [5.74, 6) is 1.85. The Balaban J connectivity index is 1.16. The van der Waals surface area contributed by atoms with E-state index < -0.39 is 0 Å². The van der Waals surface area contributed by atoms with Gasteiger partial charge in [-0.2, -0.15) is 0 Å². The van der Waals surface area contributed by atoms with E-state index in [9.17, 15) is 0 Å². The van der Waals surface area contributed by atoms with Gasteiger partial charge in [0.25, 0.3) is 0 Å². The second kappa shape index (κ2) is 12.6. The molecule has 0 unspecified atom stereocenters. The van der Waals surface area contributed by atoms with Gasteiger partial charge in [0.15, 0.2) is 17.5 Å². The normalized spacial score (nSPS) is 11.2. The number of hydrogen-bond acceptors (Lipinski definition) is 5. The molecule has 0 bridgehead atoms. The van der Waals surface area contributed by atoms with Crippen LogP contribution in [0.5, 0.6) is 0 Å². The molecule has 9 aromatic rings. The third kappa shape index (κ3) is 5.47. The van der Waals surface area contributed by atoms with Gasteiger partial charge in [0, 0.05) is 44.5 Å². The van der Waals surface area contributed by atoms with E-state index >= 15 is 0 Å². The van der Waals surface area contributed by atoms with Crippen LogP contribution in [0.2, 0.25) is 0 Å². The van der Waals surface area contributed by atoms with Gasteiger partial charge in [0.05, 0.1) is 0 Å². The summed E-state index contributed by atoms with van der Waals surface area (Å²) in [5.41, 5.74) is 9.86. The fraction of sp³-hybridized carbons (Fsp3) is 0. The second-order valence-corrected chi connectivity index (χ2v) is 12.1. The number of fused-ring (bicyclic) bond motifs is 3. The van der Waals surface area contributed by atoms with Gasteiger partial charge in [-0.3, -0.25) is 0 Å². The summed E-state index contributed by atoms with van der Waals surface area (Å²) in [4.78, 5) is 17.2. The van der Waals surface area contributed by atoms with E-state index in [0.29, 0.717) is 17.5 Å². The fourth-order valence-electron chi connectivity index (χ4n) is 6.53. The Morgan fingerprint density at radius 1 is 0.360 bits per heavy atom. The first-order valence-corrected chi connectivity index (χ1v) is 16.6. The molecular formula is C45H30N4O. The fourth-order valence-corrected chi connectivity index (χ4v) is 6.53. The standard InChI is InChI=1S/C45H30N4O/c1-5-14-32(15-6-1)43-46-44(33-16-7-2-8-17-33)48-45(47-43)38-22-13-23-41-42(38)39-30-34(26-29-40(39)50-41)31-24-27-37(28-25-31)49(35-18-9-3-10-19-35)36-20-11-4-12-21-36/h1-30H. The van der Waals surface area contributed by atoms with Gasteiger partial charge in [0.2, 0.25) is 0 Å². The molecule has 0 atom stereocenters. The Labute approximate surface area is 289 Å². The summed E-state index contributed by atoms with van der Waals surface area (Å²) in [5, 5.41) is 1.99. The summed E-state index contributed by atoms with van der Waals surface area (Å²) in [6.07, 6.45) is 0. The minimum atomic E-state index is 0.600. The Bertz CT molecular complexity index is 2470. The highest BCUT2D eigenvalue weighted by Crippen LogP contribution is 2.39. The Kier molecular flexibility index (Phi) is 7.41. The maximum atomic E-state index is 6.41. The largest absolute Gasteiger partial charge is 0.456 e. The number of furan rings is 1. The van der Waals surface area contributed by atoms with Gasteiger partial charge in [0.1, 0.15) is 11.2 Å². The van der Waals surface area contributed by atoms with Crippen molar-refractivity contribution in [3.05, 3.63) is 182 Å². The van der Waals surface area contributed by atoms with E-state index in [1.54, 1.807) is 0 Å². The van der Waals surface area contributed by atoms with Crippen molar-refractivity contribution in [1.29, 1.82) is 0 Å². The number of para-hydroxylation sites is 2. The molecule has 7 aromatic carbocycles. The van der Waals surface area contributed by atoms with E-state index in [1.165, 1.54) is 0 Å². The molecule has 5 heteroatoms. The van der Waals surface area contributed by atoms with Crippen molar-refractivity contribution in [2.75, 3.05) is 4.90 Å². The van der Waals surface area contributed by atoms with Crippen LogP contribution >= 0.6 is 0 Å². The maximum Gasteiger partial charge on any atom is 0.164 e. The summed E-state index contributed by atoms with van der Waals surface area (Å²) in [7, 11) is 0. The molecule has 2 aromatic heterocycles. The Hall–Kier alpha value is -6.85. The molecule has 0 fully saturated rings. The van der Waals surface area contributed by atoms with Crippen LogP contribution in [0.15, 0.2) is 186 Å². The van der Waals surface area contributed by atoms with Gasteiger partial charge < -0.3 is 9.32 Å². The molecule has 0 aliphatic heterocycles. The molecule has 9 rings (SSSR count). The van der Waals surface area contributed by atoms with Gasteiger partial charge in [-0.1, -0.05) is 127 Å². The molecule has 0 spiro atoms. The molecule has 2 heterocycles. The lowest BCUT2D eigenvalue weighted by Gasteiger charge is -2.25. The first-order chi connectivity index (χ1) is 24.8. The molecule has 0 saturated heterocycles. The monoisotopic (exact) mass is 642 g/mol. The molecule has 0 radical (unpaired) electrons. The molecule has 5 nitrogen and oxygen atoms in total. The topological polar surface area (TPSA) is 55.1 Å². The first-order valence-electron chi connectivity index (χ1n) is 16.6. The number of nitrogens with zero attached hydrogens (tertiary/aromatic N) is 4. The molecular weight excluding hydrogens is 613 g/mol. The molecule has 0 aliphatic carbocycles. The highest BCUT2D eigenvalue weighted by molar-refractivity contribution is 6.12. The summed E-state index contributed by atoms with van der Waals surface area (Å²) in [6.45, 7) is 0. The highest BCUT2D eigenvalue weighted by Gasteiger charge is 2.19. The van der Waals surface area contributed by atoms with Crippen molar-refractivity contribution in [3.8, 4) is 45.3 Å². The van der Waals surface area contributed by atoms with Gasteiger partial charge in [-0.15, -0.1) is 0 Å². The van der Waals surface area contributed by atoms with E-state index in [2.05, 4.69) is 102 Å². The number of anilines is 3. The van der Waals surface area contributed by atoms with Crippen molar-refractivity contribution in [2.45, 2.75) is 0 Å². The van der Waals surface area contributed by atoms with Crippen LogP contribution < -0.4 is 4.90 Å². The predicted molar refractivity (Wildman–Crippen MR) is 204 cm³/mol. The smallest absolute Gasteiger partial charge is 0.164 e. The quantitative estimate of drug-likeness (QED) is 0.173. The van der Waals surface area contributed by atoms with E-state index in [4.69, 9.17) is 19.4 Å². The van der Waals surface area contributed by atoms with Crippen LogP contribution in [0, 0.1) is 0 Å². The minimum absolute atomic E-state index is 0.600. The highest BCUT2D eigenvalue weighted by atomic mass is 16.3. The summed E-state index contributed by atoms with van der Waals surface area (Å²) < 4.78 is 6.41. The van der Waals surface area contributed by atoms with E-state index in [0.717, 1.165) is 66.8 Å². The molecule has 0 amide bonds. The number of rotatable bonds is 7. The lowest BCUT2D eigenvalue weighted by atomic mass is 10.00. The van der Waals surface area contributed by atoms with E-state index in [1.807, 2.05) is 84.9 Å². The van der Waals surface area contributed by atoms with Gasteiger partial charge in [-0.05, 0) is 65.7 Å². The number of aromatic nitrogens is 3. The van der Waals surface area contributed by atoms with Crippen LogP contribution in [0.1, 0.15) is 0 Å². The van der Waals surface area contributed by atoms with Crippen LogP contribution in [-0.4, -0.2) is 15.0 Å². The number of hydrogen-bond donors (Lipinski definition) is 0. The van der Waals surface area contributed by atoms with Crippen LogP contribution in [0.3, 0.4) is 0 Å². The Morgan fingerprint density at radius 2 is 0.860 bits per heavy atom. The predicted octanol–water partition coefficient (Wildman–Crippen LogP) is 11.9. The summed E-state index contributed by atoms with van der Waals surface area (Å²) >= 11 is 0. The van der Waals surface area contributed by atoms with E-state index in [-0.39, 0.29) is 0 Å². The molecule has 0 aliphatic rings. The lowest BCUT2D eigenvalue weighted by Crippen LogP contribution is -2.09. The summed E-state index contributed by atoms with van der Waals surface area (Å²) in [6, 6.07) is 62.2. The molecule has 50 heavy (non-hydrogen) atoms. The van der Waals surface area contributed by atoms with Crippen molar-refractivity contribution < 1.29 is 4.42 Å². The SMILES string of the molecule is c1ccc(-c2nc(-c3ccccc3)nc(-c3cccc4oc5ccc(-c6ccc(N(c7ccccc7)c7ccccc7)cc6)cc5c34)n2)cc1. The number of benzene rings is 7. The lowest BCUT2D eigenvalue weighted by molar-refractivity contribution is 0.669.